The molecule has 25 heavy (non-hydrogen) atoms. The third-order valence-corrected chi connectivity index (χ3v) is 3.33. The molecule has 0 aromatic rings. The Bertz CT molecular complexity index is 528. The zero-order chi connectivity index (χ0) is 18.9. The Morgan fingerprint density at radius 1 is 1.36 bits per heavy atom. The molecule has 0 saturated heterocycles. The SMILES string of the molecule is CC#CCOC(/C=C\C)=C/C=C(\C)C(=O)N[C@@H](CCCNC)CNO. The van der Waals surface area contributed by atoms with Crippen molar-refractivity contribution in [2.45, 2.75) is 39.7 Å². The molecule has 0 saturated carbocycles. The molecule has 0 aliphatic carbocycles. The Balaban J connectivity index is 4.79. The summed E-state index contributed by atoms with van der Waals surface area (Å²) in [5, 5.41) is 14.9. The molecular formula is C19H31N3O3. The summed E-state index contributed by atoms with van der Waals surface area (Å²) >= 11 is 0. The van der Waals surface area contributed by atoms with Crippen LogP contribution in [-0.2, 0) is 9.53 Å². The number of rotatable bonds is 12. The van der Waals surface area contributed by atoms with Crippen LogP contribution in [0.5, 0.6) is 0 Å². The predicted molar refractivity (Wildman–Crippen MR) is 101 cm³/mol. The van der Waals surface area contributed by atoms with Crippen LogP contribution < -0.4 is 16.1 Å². The minimum absolute atomic E-state index is 0.135. The number of ether oxygens (including phenoxy) is 1. The van der Waals surface area contributed by atoms with Gasteiger partial charge in [-0.3, -0.25) is 4.79 Å². The second-order valence-electron chi connectivity index (χ2n) is 5.41. The number of hydrogen-bond acceptors (Lipinski definition) is 5. The van der Waals surface area contributed by atoms with Crippen molar-refractivity contribution in [3.63, 3.8) is 0 Å². The van der Waals surface area contributed by atoms with Crippen molar-refractivity contribution in [1.82, 2.24) is 16.1 Å². The third-order valence-electron chi connectivity index (χ3n) is 3.33. The minimum Gasteiger partial charge on any atom is -0.481 e. The lowest BCUT2D eigenvalue weighted by molar-refractivity contribution is -0.118. The van der Waals surface area contributed by atoms with Gasteiger partial charge in [0.15, 0.2) is 0 Å². The number of allylic oxidation sites excluding steroid dienone is 4. The van der Waals surface area contributed by atoms with Gasteiger partial charge in [0.05, 0.1) is 0 Å². The van der Waals surface area contributed by atoms with Crippen LogP contribution in [0, 0.1) is 11.8 Å². The number of carbonyl (C=O) groups excluding carboxylic acids is 1. The molecule has 0 bridgehead atoms. The first-order valence-corrected chi connectivity index (χ1v) is 8.45. The van der Waals surface area contributed by atoms with Crippen LogP contribution >= 0.6 is 0 Å². The Labute approximate surface area is 151 Å². The molecule has 0 aliphatic heterocycles. The van der Waals surface area contributed by atoms with Crippen LogP contribution in [0.4, 0.5) is 0 Å². The summed E-state index contributed by atoms with van der Waals surface area (Å²) < 4.78 is 5.51. The van der Waals surface area contributed by atoms with Crippen molar-refractivity contribution in [3.05, 3.63) is 35.6 Å². The Morgan fingerprint density at radius 2 is 2.12 bits per heavy atom. The van der Waals surface area contributed by atoms with Gasteiger partial charge in [-0.05, 0) is 59.4 Å². The molecule has 6 heteroatoms. The Kier molecular flexibility index (Phi) is 14.2. The lowest BCUT2D eigenvalue weighted by Crippen LogP contribution is -2.42. The fraction of sp³-hybridized carbons (Fsp3) is 0.526. The van der Waals surface area contributed by atoms with Gasteiger partial charge in [0, 0.05) is 18.2 Å². The Morgan fingerprint density at radius 3 is 2.72 bits per heavy atom. The van der Waals surface area contributed by atoms with Gasteiger partial charge < -0.3 is 20.6 Å². The van der Waals surface area contributed by atoms with Gasteiger partial charge in [-0.15, -0.1) is 5.92 Å². The average Bonchev–Trinajstić information content (AvgIpc) is 2.59. The quantitative estimate of drug-likeness (QED) is 0.108. The number of hydrogen-bond donors (Lipinski definition) is 4. The lowest BCUT2D eigenvalue weighted by atomic mass is 10.1. The van der Waals surface area contributed by atoms with E-state index in [1.165, 1.54) is 0 Å². The molecule has 6 nitrogen and oxygen atoms in total. The summed E-state index contributed by atoms with van der Waals surface area (Å²) in [6.45, 7) is 6.86. The number of carbonyl (C=O) groups is 1. The van der Waals surface area contributed by atoms with Crippen molar-refractivity contribution < 1.29 is 14.7 Å². The molecular weight excluding hydrogens is 318 g/mol. The lowest BCUT2D eigenvalue weighted by Gasteiger charge is -2.18. The maximum absolute atomic E-state index is 12.3. The van der Waals surface area contributed by atoms with E-state index in [1.807, 2.05) is 26.1 Å². The van der Waals surface area contributed by atoms with Gasteiger partial charge >= 0.3 is 0 Å². The van der Waals surface area contributed by atoms with E-state index in [9.17, 15) is 4.79 Å². The largest absolute Gasteiger partial charge is 0.481 e. The first-order valence-electron chi connectivity index (χ1n) is 8.45. The van der Waals surface area contributed by atoms with Crippen molar-refractivity contribution in [1.29, 1.82) is 0 Å². The van der Waals surface area contributed by atoms with Gasteiger partial charge in [-0.2, -0.15) is 0 Å². The zero-order valence-electron chi connectivity index (χ0n) is 15.7. The molecule has 1 amide bonds. The van der Waals surface area contributed by atoms with Gasteiger partial charge in [0.2, 0.25) is 5.91 Å². The number of nitrogens with one attached hydrogen (secondary N) is 3. The molecule has 0 aromatic carbocycles. The molecule has 140 valence electrons. The van der Waals surface area contributed by atoms with Crippen molar-refractivity contribution in [2.75, 3.05) is 26.7 Å². The summed E-state index contributed by atoms with van der Waals surface area (Å²) in [4.78, 5) is 12.3. The summed E-state index contributed by atoms with van der Waals surface area (Å²) in [5.41, 5.74) is 2.69. The number of amides is 1. The van der Waals surface area contributed by atoms with Crippen LogP contribution in [0.15, 0.2) is 35.6 Å². The molecule has 0 aliphatic rings. The molecule has 0 unspecified atom stereocenters. The van der Waals surface area contributed by atoms with Crippen LogP contribution in [0.3, 0.4) is 0 Å². The van der Waals surface area contributed by atoms with E-state index < -0.39 is 0 Å². The molecule has 4 N–H and O–H groups in total. The second kappa shape index (κ2) is 15.5. The van der Waals surface area contributed by atoms with Gasteiger partial charge in [-0.25, -0.2) is 5.48 Å². The molecule has 0 rings (SSSR count). The van der Waals surface area contributed by atoms with Crippen LogP contribution in [-0.4, -0.2) is 43.9 Å². The number of hydroxylamine groups is 1. The second-order valence-corrected chi connectivity index (χ2v) is 5.41. The van der Waals surface area contributed by atoms with E-state index in [2.05, 4.69) is 28.0 Å². The predicted octanol–water partition coefficient (Wildman–Crippen LogP) is 1.90. The van der Waals surface area contributed by atoms with Crippen LogP contribution in [0.1, 0.15) is 33.6 Å². The van der Waals surface area contributed by atoms with Crippen LogP contribution in [0.25, 0.3) is 0 Å². The molecule has 0 heterocycles. The minimum atomic E-state index is -0.172. The van der Waals surface area contributed by atoms with E-state index in [1.54, 1.807) is 26.0 Å². The summed E-state index contributed by atoms with van der Waals surface area (Å²) in [5.74, 6) is 6.06. The fourth-order valence-corrected chi connectivity index (χ4v) is 1.95. The van der Waals surface area contributed by atoms with E-state index in [-0.39, 0.29) is 11.9 Å². The first kappa shape index (κ1) is 22.9. The molecule has 0 radical (unpaired) electrons. The maximum atomic E-state index is 12.3. The first-order chi connectivity index (χ1) is 12.1. The van der Waals surface area contributed by atoms with E-state index in [0.717, 1.165) is 19.4 Å². The van der Waals surface area contributed by atoms with Crippen LogP contribution in [0.2, 0.25) is 0 Å². The highest BCUT2D eigenvalue weighted by atomic mass is 16.5. The normalized spacial score (nSPS) is 13.3. The molecule has 1 atom stereocenters. The monoisotopic (exact) mass is 349 g/mol. The van der Waals surface area contributed by atoms with E-state index in [0.29, 0.717) is 24.5 Å². The summed E-state index contributed by atoms with van der Waals surface area (Å²) in [7, 11) is 1.88. The summed E-state index contributed by atoms with van der Waals surface area (Å²) in [6, 6.07) is -0.135. The van der Waals surface area contributed by atoms with Gasteiger partial charge in [-0.1, -0.05) is 18.1 Å². The van der Waals surface area contributed by atoms with Crippen molar-refractivity contribution in [2.24, 2.45) is 0 Å². The molecule has 0 fully saturated rings. The highest BCUT2D eigenvalue weighted by Gasteiger charge is 2.12. The van der Waals surface area contributed by atoms with Crippen molar-refractivity contribution >= 4 is 5.91 Å². The summed E-state index contributed by atoms with van der Waals surface area (Å²) in [6.07, 6.45) is 8.80. The average molecular weight is 349 g/mol. The highest BCUT2D eigenvalue weighted by molar-refractivity contribution is 5.93. The fourth-order valence-electron chi connectivity index (χ4n) is 1.95. The van der Waals surface area contributed by atoms with E-state index >= 15 is 0 Å². The third kappa shape index (κ3) is 12.0. The van der Waals surface area contributed by atoms with E-state index in [4.69, 9.17) is 9.94 Å². The smallest absolute Gasteiger partial charge is 0.247 e. The Hall–Kier alpha value is -2.07. The van der Waals surface area contributed by atoms with Gasteiger partial charge in [0.25, 0.3) is 0 Å². The topological polar surface area (TPSA) is 82.6 Å². The highest BCUT2D eigenvalue weighted by Crippen LogP contribution is 2.04. The molecule has 0 spiro atoms. The van der Waals surface area contributed by atoms with Gasteiger partial charge in [0.1, 0.15) is 12.4 Å². The maximum Gasteiger partial charge on any atom is 0.247 e. The molecule has 0 aromatic heterocycles. The standard InChI is InChI=1S/C19H31N3O3/c1-5-7-14-25-18(9-6-2)12-11-16(3)19(23)22-17(15-21-24)10-8-13-20-4/h6,9,11-12,17,20-21,24H,8,10,13-15H2,1-4H3,(H,22,23)/b9-6-,16-11+,18-12+/t17-/m0/s1. The zero-order valence-corrected chi connectivity index (χ0v) is 15.7. The van der Waals surface area contributed by atoms with Crippen molar-refractivity contribution in [3.8, 4) is 11.8 Å².